The molecule has 1 aliphatic rings. The van der Waals surface area contributed by atoms with Crippen molar-refractivity contribution in [1.82, 2.24) is 15.3 Å². The number of rotatable bonds is 5. The maximum atomic E-state index is 14.0. The summed E-state index contributed by atoms with van der Waals surface area (Å²) in [4.78, 5) is 25.0. The summed E-state index contributed by atoms with van der Waals surface area (Å²) in [6.45, 7) is 8.45. The molecular formula is C19H22FN5O. The van der Waals surface area contributed by atoms with Crippen molar-refractivity contribution in [2.75, 3.05) is 42.5 Å². The van der Waals surface area contributed by atoms with Crippen LogP contribution in [0.4, 0.5) is 16.0 Å². The van der Waals surface area contributed by atoms with E-state index < -0.39 is 0 Å². The van der Waals surface area contributed by atoms with Crippen molar-refractivity contribution in [2.24, 2.45) is 0 Å². The molecule has 1 saturated heterocycles. The molecule has 0 bridgehead atoms. The van der Waals surface area contributed by atoms with Gasteiger partial charge in [-0.1, -0.05) is 18.2 Å². The molecule has 6 nitrogen and oxygen atoms in total. The Morgan fingerprint density at radius 1 is 1.23 bits per heavy atom. The number of nitrogens with zero attached hydrogens (tertiary/aromatic N) is 4. The molecule has 0 unspecified atom stereocenters. The predicted octanol–water partition coefficient (Wildman–Crippen LogP) is 2.17. The van der Waals surface area contributed by atoms with Gasteiger partial charge in [0.05, 0.1) is 5.69 Å². The molecular weight excluding hydrogens is 333 g/mol. The number of aryl methyl sites for hydroxylation is 1. The van der Waals surface area contributed by atoms with Crippen LogP contribution < -0.4 is 15.1 Å². The minimum Gasteiger partial charge on any atom is -0.366 e. The fourth-order valence-corrected chi connectivity index (χ4v) is 2.92. The van der Waals surface area contributed by atoms with Gasteiger partial charge in [0.25, 0.3) is 5.91 Å². The molecule has 1 aliphatic heterocycles. The summed E-state index contributed by atoms with van der Waals surface area (Å²) in [6, 6.07) is 8.45. The third-order valence-corrected chi connectivity index (χ3v) is 4.24. The van der Waals surface area contributed by atoms with E-state index in [1.54, 1.807) is 24.3 Å². The number of benzene rings is 1. The Morgan fingerprint density at radius 2 is 1.92 bits per heavy atom. The van der Waals surface area contributed by atoms with Crippen LogP contribution in [0.3, 0.4) is 0 Å². The second kappa shape index (κ2) is 7.95. The van der Waals surface area contributed by atoms with Crippen LogP contribution in [0, 0.1) is 12.7 Å². The second-order valence-corrected chi connectivity index (χ2v) is 6.12. The number of carbonyl (C=O) groups is 1. The minimum atomic E-state index is -0.248. The summed E-state index contributed by atoms with van der Waals surface area (Å²) < 4.78 is 14.0. The summed E-state index contributed by atoms with van der Waals surface area (Å²) >= 11 is 0. The van der Waals surface area contributed by atoms with E-state index in [0.717, 1.165) is 5.69 Å². The summed E-state index contributed by atoms with van der Waals surface area (Å²) in [5.41, 5.74) is 1.68. The van der Waals surface area contributed by atoms with E-state index in [4.69, 9.17) is 0 Å². The van der Waals surface area contributed by atoms with E-state index in [-0.39, 0.29) is 11.7 Å². The number of anilines is 2. The maximum absolute atomic E-state index is 14.0. The summed E-state index contributed by atoms with van der Waals surface area (Å²) in [5, 5.41) is 2.73. The largest absolute Gasteiger partial charge is 0.366 e. The van der Waals surface area contributed by atoms with Crippen molar-refractivity contribution in [3.8, 4) is 0 Å². The highest BCUT2D eigenvalue weighted by Crippen LogP contribution is 2.21. The molecule has 26 heavy (non-hydrogen) atoms. The van der Waals surface area contributed by atoms with Gasteiger partial charge < -0.3 is 15.1 Å². The number of amides is 1. The molecule has 136 valence electrons. The lowest BCUT2D eigenvalue weighted by atomic mass is 10.2. The quantitative estimate of drug-likeness (QED) is 0.833. The number of hydrogen-bond donors (Lipinski definition) is 1. The molecule has 1 aromatic heterocycles. The number of aromatic nitrogens is 2. The lowest BCUT2D eigenvalue weighted by Crippen LogP contribution is -2.47. The van der Waals surface area contributed by atoms with Crippen LogP contribution in [0.25, 0.3) is 0 Å². The first-order valence-corrected chi connectivity index (χ1v) is 8.57. The van der Waals surface area contributed by atoms with Crippen molar-refractivity contribution >= 4 is 17.5 Å². The van der Waals surface area contributed by atoms with Gasteiger partial charge in [-0.25, -0.2) is 14.4 Å². The molecule has 1 amide bonds. The molecule has 7 heteroatoms. The van der Waals surface area contributed by atoms with Gasteiger partial charge in [0, 0.05) is 38.4 Å². The Bertz CT molecular complexity index is 802. The lowest BCUT2D eigenvalue weighted by Gasteiger charge is -2.36. The zero-order chi connectivity index (χ0) is 18.5. The number of hydrogen-bond acceptors (Lipinski definition) is 5. The van der Waals surface area contributed by atoms with E-state index >= 15 is 0 Å². The fourth-order valence-electron chi connectivity index (χ4n) is 2.92. The first kappa shape index (κ1) is 17.8. The third-order valence-electron chi connectivity index (χ3n) is 4.24. The Balaban J connectivity index is 1.71. The molecule has 2 aromatic rings. The monoisotopic (exact) mass is 355 g/mol. The Kier molecular flexibility index (Phi) is 5.46. The SMILES string of the molecule is C=CCNC(=O)c1cc(C)nc(N2CCN(c3ccccc3F)CC2)n1. The first-order valence-electron chi connectivity index (χ1n) is 8.57. The van der Waals surface area contributed by atoms with Crippen LogP contribution in [0.1, 0.15) is 16.2 Å². The number of piperazine rings is 1. The van der Waals surface area contributed by atoms with Crippen LogP contribution in [-0.4, -0.2) is 48.6 Å². The molecule has 0 saturated carbocycles. The number of halogens is 1. The predicted molar refractivity (Wildman–Crippen MR) is 100 cm³/mol. The molecule has 0 radical (unpaired) electrons. The Hall–Kier alpha value is -2.96. The van der Waals surface area contributed by atoms with Crippen LogP contribution >= 0.6 is 0 Å². The molecule has 3 rings (SSSR count). The maximum Gasteiger partial charge on any atom is 0.270 e. The van der Waals surface area contributed by atoms with Gasteiger partial charge in [0.15, 0.2) is 0 Å². The zero-order valence-corrected chi connectivity index (χ0v) is 14.8. The van der Waals surface area contributed by atoms with E-state index in [1.807, 2.05) is 22.8 Å². The van der Waals surface area contributed by atoms with Crippen molar-refractivity contribution in [1.29, 1.82) is 0 Å². The molecule has 1 aromatic carbocycles. The zero-order valence-electron chi connectivity index (χ0n) is 14.8. The van der Waals surface area contributed by atoms with Crippen LogP contribution in [-0.2, 0) is 0 Å². The van der Waals surface area contributed by atoms with Crippen LogP contribution in [0.2, 0.25) is 0 Å². The molecule has 0 atom stereocenters. The molecule has 0 spiro atoms. The van der Waals surface area contributed by atoms with Gasteiger partial charge in [0.2, 0.25) is 5.95 Å². The van der Waals surface area contributed by atoms with Crippen molar-refractivity contribution in [3.05, 3.63) is 60.2 Å². The van der Waals surface area contributed by atoms with Crippen molar-refractivity contribution in [2.45, 2.75) is 6.92 Å². The van der Waals surface area contributed by atoms with Crippen LogP contribution in [0.15, 0.2) is 43.0 Å². The number of para-hydroxylation sites is 1. The molecule has 1 fully saturated rings. The highest BCUT2D eigenvalue weighted by atomic mass is 19.1. The third kappa shape index (κ3) is 3.99. The average molecular weight is 355 g/mol. The van der Waals surface area contributed by atoms with E-state index in [9.17, 15) is 9.18 Å². The van der Waals surface area contributed by atoms with Gasteiger partial charge in [-0.05, 0) is 25.1 Å². The van der Waals surface area contributed by atoms with Gasteiger partial charge >= 0.3 is 0 Å². The van der Waals surface area contributed by atoms with Crippen molar-refractivity contribution in [3.63, 3.8) is 0 Å². The van der Waals surface area contributed by atoms with Gasteiger partial charge in [-0.15, -0.1) is 6.58 Å². The number of nitrogens with one attached hydrogen (secondary N) is 1. The fraction of sp³-hybridized carbons (Fsp3) is 0.316. The molecule has 0 aliphatic carbocycles. The van der Waals surface area contributed by atoms with Gasteiger partial charge in [0.1, 0.15) is 11.5 Å². The van der Waals surface area contributed by atoms with Gasteiger partial charge in [-0.3, -0.25) is 4.79 Å². The lowest BCUT2D eigenvalue weighted by molar-refractivity contribution is 0.0953. The average Bonchev–Trinajstić information content (AvgIpc) is 2.66. The second-order valence-electron chi connectivity index (χ2n) is 6.12. The summed E-state index contributed by atoms with van der Waals surface area (Å²) in [7, 11) is 0. The smallest absolute Gasteiger partial charge is 0.270 e. The first-order chi connectivity index (χ1) is 12.6. The van der Waals surface area contributed by atoms with E-state index in [0.29, 0.717) is 50.1 Å². The summed E-state index contributed by atoms with van der Waals surface area (Å²) in [6.07, 6.45) is 1.62. The van der Waals surface area contributed by atoms with Crippen molar-refractivity contribution < 1.29 is 9.18 Å². The van der Waals surface area contributed by atoms with E-state index in [1.165, 1.54) is 6.07 Å². The van der Waals surface area contributed by atoms with Gasteiger partial charge in [-0.2, -0.15) is 0 Å². The van der Waals surface area contributed by atoms with E-state index in [2.05, 4.69) is 21.9 Å². The Morgan fingerprint density at radius 3 is 2.62 bits per heavy atom. The highest BCUT2D eigenvalue weighted by Gasteiger charge is 2.22. The summed E-state index contributed by atoms with van der Waals surface area (Å²) in [5.74, 6) is 0.0671. The normalized spacial score (nSPS) is 14.2. The van der Waals surface area contributed by atoms with Crippen LogP contribution in [0.5, 0.6) is 0 Å². The number of carbonyl (C=O) groups excluding carboxylic acids is 1. The molecule has 2 heterocycles. The minimum absolute atomic E-state index is 0.214. The molecule has 1 N–H and O–H groups in total. The Labute approximate surface area is 152 Å². The standard InChI is InChI=1S/C19H22FN5O/c1-3-8-21-18(26)16-13-14(2)22-19(23-16)25-11-9-24(10-12-25)17-7-5-4-6-15(17)20/h3-7,13H,1,8-12H2,2H3,(H,21,26). The topological polar surface area (TPSA) is 61.4 Å². The highest BCUT2D eigenvalue weighted by molar-refractivity contribution is 5.92.